The van der Waals surface area contributed by atoms with E-state index in [1.807, 2.05) is 12.1 Å². The molecule has 1 saturated carbocycles. The number of nitrogens with zero attached hydrogens (tertiary/aromatic N) is 1. The topological polar surface area (TPSA) is 34.1 Å². The zero-order chi connectivity index (χ0) is 9.10. The molecule has 1 heterocycles. The van der Waals surface area contributed by atoms with E-state index >= 15 is 0 Å². The van der Waals surface area contributed by atoms with Crippen LogP contribution in [0, 0.1) is 5.92 Å². The lowest BCUT2D eigenvalue weighted by atomic mass is 10.3. The van der Waals surface area contributed by atoms with Crippen molar-refractivity contribution in [2.75, 3.05) is 19.0 Å². The highest BCUT2D eigenvalue weighted by Gasteiger charge is 2.20. The minimum Gasteiger partial charge on any atom is -0.481 e. The van der Waals surface area contributed by atoms with Gasteiger partial charge in [-0.1, -0.05) is 0 Å². The fraction of sp³-hybridized carbons (Fsp3) is 0.500. The van der Waals surface area contributed by atoms with E-state index in [2.05, 4.69) is 10.3 Å². The first-order valence-electron chi connectivity index (χ1n) is 4.62. The molecule has 1 aliphatic rings. The highest BCUT2D eigenvalue weighted by molar-refractivity contribution is 5.42. The van der Waals surface area contributed by atoms with Crippen molar-refractivity contribution < 1.29 is 4.74 Å². The van der Waals surface area contributed by atoms with E-state index in [1.54, 1.807) is 13.3 Å². The van der Waals surface area contributed by atoms with Crippen molar-refractivity contribution >= 4 is 5.69 Å². The molecule has 3 heteroatoms. The Bertz CT molecular complexity index is 267. The molecule has 1 aliphatic carbocycles. The van der Waals surface area contributed by atoms with Gasteiger partial charge in [0.25, 0.3) is 0 Å². The molecule has 0 spiro atoms. The van der Waals surface area contributed by atoms with E-state index in [-0.39, 0.29) is 0 Å². The fourth-order valence-corrected chi connectivity index (χ4v) is 1.19. The lowest BCUT2D eigenvalue weighted by molar-refractivity contribution is 0.398. The second-order valence-corrected chi connectivity index (χ2v) is 3.41. The van der Waals surface area contributed by atoms with Crippen molar-refractivity contribution in [2.45, 2.75) is 12.8 Å². The minimum absolute atomic E-state index is 0.664. The monoisotopic (exact) mass is 178 g/mol. The standard InChI is InChI=1S/C10H14N2O/c1-13-10-5-4-9(7-12-10)11-6-8-2-3-8/h4-5,7-8,11H,2-3,6H2,1H3. The van der Waals surface area contributed by atoms with Crippen LogP contribution in [0.2, 0.25) is 0 Å². The molecule has 0 aliphatic heterocycles. The molecule has 1 aromatic rings. The number of hydrogen-bond donors (Lipinski definition) is 1. The maximum atomic E-state index is 4.97. The molecule has 0 radical (unpaired) electrons. The first kappa shape index (κ1) is 8.35. The summed E-state index contributed by atoms with van der Waals surface area (Å²) in [5.41, 5.74) is 1.08. The predicted octanol–water partition coefficient (Wildman–Crippen LogP) is 1.91. The Labute approximate surface area is 78.1 Å². The Morgan fingerprint density at radius 3 is 2.92 bits per heavy atom. The lowest BCUT2D eigenvalue weighted by Gasteiger charge is -2.04. The largest absolute Gasteiger partial charge is 0.481 e. The van der Waals surface area contributed by atoms with Crippen molar-refractivity contribution in [3.05, 3.63) is 18.3 Å². The third-order valence-corrected chi connectivity index (χ3v) is 2.24. The fourth-order valence-electron chi connectivity index (χ4n) is 1.19. The van der Waals surface area contributed by atoms with Crippen LogP contribution in [0.4, 0.5) is 5.69 Å². The number of methoxy groups -OCH3 is 1. The number of hydrogen-bond acceptors (Lipinski definition) is 3. The maximum Gasteiger partial charge on any atom is 0.213 e. The Kier molecular flexibility index (Phi) is 2.34. The number of ether oxygens (including phenoxy) is 1. The molecule has 0 aromatic carbocycles. The van der Waals surface area contributed by atoms with Crippen LogP contribution in [0.15, 0.2) is 18.3 Å². The van der Waals surface area contributed by atoms with Gasteiger partial charge >= 0.3 is 0 Å². The van der Waals surface area contributed by atoms with Gasteiger partial charge in [0.05, 0.1) is 19.0 Å². The Morgan fingerprint density at radius 2 is 2.38 bits per heavy atom. The van der Waals surface area contributed by atoms with E-state index in [9.17, 15) is 0 Å². The van der Waals surface area contributed by atoms with E-state index in [0.717, 1.165) is 18.2 Å². The number of nitrogens with one attached hydrogen (secondary N) is 1. The smallest absolute Gasteiger partial charge is 0.213 e. The van der Waals surface area contributed by atoms with E-state index < -0.39 is 0 Å². The first-order valence-corrected chi connectivity index (χ1v) is 4.62. The third-order valence-electron chi connectivity index (χ3n) is 2.24. The van der Waals surface area contributed by atoms with Crippen molar-refractivity contribution in [2.24, 2.45) is 5.92 Å². The zero-order valence-corrected chi connectivity index (χ0v) is 7.79. The van der Waals surface area contributed by atoms with Gasteiger partial charge in [0.2, 0.25) is 5.88 Å². The summed E-state index contributed by atoms with van der Waals surface area (Å²) < 4.78 is 4.97. The van der Waals surface area contributed by atoms with Gasteiger partial charge in [-0.05, 0) is 24.8 Å². The molecule has 1 fully saturated rings. The van der Waals surface area contributed by atoms with Crippen LogP contribution in [-0.4, -0.2) is 18.6 Å². The number of anilines is 1. The van der Waals surface area contributed by atoms with Crippen LogP contribution in [0.25, 0.3) is 0 Å². The Hall–Kier alpha value is -1.25. The highest BCUT2D eigenvalue weighted by Crippen LogP contribution is 2.28. The minimum atomic E-state index is 0.664. The van der Waals surface area contributed by atoms with Crippen LogP contribution in [-0.2, 0) is 0 Å². The summed E-state index contributed by atoms with van der Waals surface area (Å²) in [7, 11) is 1.62. The Morgan fingerprint density at radius 1 is 1.54 bits per heavy atom. The predicted molar refractivity (Wildman–Crippen MR) is 52.0 cm³/mol. The molecule has 0 atom stereocenters. The summed E-state index contributed by atoms with van der Waals surface area (Å²) >= 11 is 0. The van der Waals surface area contributed by atoms with Crippen LogP contribution in [0.5, 0.6) is 5.88 Å². The summed E-state index contributed by atoms with van der Waals surface area (Å²) in [5, 5.41) is 3.34. The van der Waals surface area contributed by atoms with Gasteiger partial charge in [-0.15, -0.1) is 0 Å². The summed E-state index contributed by atoms with van der Waals surface area (Å²) in [4.78, 5) is 4.11. The van der Waals surface area contributed by atoms with Gasteiger partial charge < -0.3 is 10.1 Å². The quantitative estimate of drug-likeness (QED) is 0.764. The molecular formula is C10H14N2O. The van der Waals surface area contributed by atoms with Gasteiger partial charge in [-0.3, -0.25) is 0 Å². The van der Waals surface area contributed by atoms with Gasteiger partial charge in [0, 0.05) is 12.6 Å². The third kappa shape index (κ3) is 2.34. The number of pyridine rings is 1. The molecule has 1 aromatic heterocycles. The van der Waals surface area contributed by atoms with E-state index in [0.29, 0.717) is 5.88 Å². The maximum absolute atomic E-state index is 4.97. The summed E-state index contributed by atoms with van der Waals surface area (Å²) in [6.45, 7) is 1.08. The normalized spacial score (nSPS) is 15.5. The SMILES string of the molecule is COc1ccc(NCC2CC2)cn1. The molecule has 1 N–H and O–H groups in total. The summed E-state index contributed by atoms with van der Waals surface area (Å²) in [5.74, 6) is 1.55. The van der Waals surface area contributed by atoms with Crippen LogP contribution < -0.4 is 10.1 Å². The molecule has 0 amide bonds. The summed E-state index contributed by atoms with van der Waals surface area (Å²) in [6.07, 6.45) is 4.55. The average molecular weight is 178 g/mol. The average Bonchev–Trinajstić information content (AvgIpc) is 2.99. The van der Waals surface area contributed by atoms with Crippen LogP contribution in [0.1, 0.15) is 12.8 Å². The molecule has 3 nitrogen and oxygen atoms in total. The second-order valence-electron chi connectivity index (χ2n) is 3.41. The second kappa shape index (κ2) is 3.64. The van der Waals surface area contributed by atoms with E-state index in [4.69, 9.17) is 4.74 Å². The van der Waals surface area contributed by atoms with E-state index in [1.165, 1.54) is 12.8 Å². The van der Waals surface area contributed by atoms with Gasteiger partial charge in [-0.2, -0.15) is 0 Å². The van der Waals surface area contributed by atoms with Crippen LogP contribution in [0.3, 0.4) is 0 Å². The molecule has 13 heavy (non-hydrogen) atoms. The number of aromatic nitrogens is 1. The van der Waals surface area contributed by atoms with Gasteiger partial charge in [0.1, 0.15) is 0 Å². The first-order chi connectivity index (χ1) is 6.38. The van der Waals surface area contributed by atoms with Crippen LogP contribution >= 0.6 is 0 Å². The molecule has 0 bridgehead atoms. The van der Waals surface area contributed by atoms with Crippen molar-refractivity contribution in [1.82, 2.24) is 4.98 Å². The Balaban J connectivity index is 1.88. The number of rotatable bonds is 4. The molecule has 70 valence electrons. The van der Waals surface area contributed by atoms with Crippen molar-refractivity contribution in [3.8, 4) is 5.88 Å². The molecule has 2 rings (SSSR count). The lowest BCUT2D eigenvalue weighted by Crippen LogP contribution is -2.03. The molecule has 0 saturated heterocycles. The van der Waals surface area contributed by atoms with Gasteiger partial charge in [-0.25, -0.2) is 4.98 Å². The van der Waals surface area contributed by atoms with Crippen molar-refractivity contribution in [3.63, 3.8) is 0 Å². The van der Waals surface area contributed by atoms with Gasteiger partial charge in [0.15, 0.2) is 0 Å². The zero-order valence-electron chi connectivity index (χ0n) is 7.79. The van der Waals surface area contributed by atoms with Crippen molar-refractivity contribution in [1.29, 1.82) is 0 Å². The summed E-state index contributed by atoms with van der Waals surface area (Å²) in [6, 6.07) is 3.86. The molecular weight excluding hydrogens is 164 g/mol. The molecule has 0 unspecified atom stereocenters. The highest BCUT2D eigenvalue weighted by atomic mass is 16.5.